The maximum absolute atomic E-state index is 11.6. The fraction of sp³-hybridized carbons (Fsp3) is 0.400. The van der Waals surface area contributed by atoms with E-state index in [9.17, 15) is 4.79 Å². The van der Waals surface area contributed by atoms with Gasteiger partial charge in [-0.25, -0.2) is 0 Å². The maximum atomic E-state index is 11.6. The third kappa shape index (κ3) is 4.85. The SMILES string of the molecule is CCCC/C=C\c1cccc(C(=O)NCC)c1. The van der Waals surface area contributed by atoms with Crippen molar-refractivity contribution in [2.24, 2.45) is 0 Å². The number of benzene rings is 1. The van der Waals surface area contributed by atoms with Gasteiger partial charge in [0.05, 0.1) is 0 Å². The first-order chi connectivity index (χ1) is 8.27. The van der Waals surface area contributed by atoms with Crippen molar-refractivity contribution in [1.29, 1.82) is 0 Å². The molecule has 0 radical (unpaired) electrons. The van der Waals surface area contributed by atoms with Crippen LogP contribution in [-0.2, 0) is 0 Å². The van der Waals surface area contributed by atoms with E-state index in [1.807, 2.05) is 31.2 Å². The number of hydrogen-bond acceptors (Lipinski definition) is 1. The van der Waals surface area contributed by atoms with Crippen LogP contribution in [0.3, 0.4) is 0 Å². The molecular weight excluding hydrogens is 210 g/mol. The molecule has 1 amide bonds. The Labute approximate surface area is 104 Å². The minimum absolute atomic E-state index is 0.00342. The van der Waals surface area contributed by atoms with Gasteiger partial charge in [-0.1, -0.05) is 44.1 Å². The second-order valence-corrected chi connectivity index (χ2v) is 4.03. The van der Waals surface area contributed by atoms with E-state index in [1.165, 1.54) is 12.8 Å². The number of allylic oxidation sites excluding steroid dienone is 1. The monoisotopic (exact) mass is 231 g/mol. The smallest absolute Gasteiger partial charge is 0.251 e. The van der Waals surface area contributed by atoms with Crippen molar-refractivity contribution in [3.63, 3.8) is 0 Å². The molecule has 0 aromatic heterocycles. The first-order valence-corrected chi connectivity index (χ1v) is 6.32. The van der Waals surface area contributed by atoms with E-state index < -0.39 is 0 Å². The molecule has 0 aliphatic rings. The number of rotatable bonds is 6. The number of carbonyl (C=O) groups excluding carboxylic acids is 1. The van der Waals surface area contributed by atoms with E-state index in [0.29, 0.717) is 6.54 Å². The Morgan fingerprint density at radius 2 is 2.18 bits per heavy atom. The van der Waals surface area contributed by atoms with Crippen LogP contribution in [0, 0.1) is 0 Å². The molecule has 17 heavy (non-hydrogen) atoms. The first-order valence-electron chi connectivity index (χ1n) is 6.32. The number of unbranched alkanes of at least 4 members (excludes halogenated alkanes) is 2. The second kappa shape index (κ2) is 7.66. The average Bonchev–Trinajstić information content (AvgIpc) is 2.35. The van der Waals surface area contributed by atoms with E-state index in [2.05, 4.69) is 24.4 Å². The molecule has 0 saturated heterocycles. The summed E-state index contributed by atoms with van der Waals surface area (Å²) in [7, 11) is 0. The van der Waals surface area contributed by atoms with Crippen molar-refractivity contribution in [2.45, 2.75) is 33.1 Å². The summed E-state index contributed by atoms with van der Waals surface area (Å²) in [5.41, 5.74) is 1.81. The van der Waals surface area contributed by atoms with Gasteiger partial charge in [0.1, 0.15) is 0 Å². The molecular formula is C15H21NO. The van der Waals surface area contributed by atoms with Crippen molar-refractivity contribution < 1.29 is 4.79 Å². The van der Waals surface area contributed by atoms with Gasteiger partial charge in [0, 0.05) is 12.1 Å². The van der Waals surface area contributed by atoms with Crippen LogP contribution in [0.2, 0.25) is 0 Å². The largest absolute Gasteiger partial charge is 0.352 e. The number of amides is 1. The summed E-state index contributed by atoms with van der Waals surface area (Å²) >= 11 is 0. The zero-order valence-corrected chi connectivity index (χ0v) is 10.7. The molecule has 92 valence electrons. The Morgan fingerprint density at radius 3 is 2.88 bits per heavy atom. The van der Waals surface area contributed by atoms with Crippen LogP contribution in [0.15, 0.2) is 30.3 Å². The van der Waals surface area contributed by atoms with Crippen LogP contribution in [0.5, 0.6) is 0 Å². The molecule has 1 rings (SSSR count). The van der Waals surface area contributed by atoms with E-state index in [-0.39, 0.29) is 5.91 Å². The standard InChI is InChI=1S/C15H21NO/c1-3-5-6-7-9-13-10-8-11-14(12-13)15(17)16-4-2/h7-12H,3-6H2,1-2H3,(H,16,17)/b9-7-. The number of carbonyl (C=O) groups is 1. The van der Waals surface area contributed by atoms with Gasteiger partial charge in [-0.15, -0.1) is 0 Å². The average molecular weight is 231 g/mol. The van der Waals surface area contributed by atoms with E-state index in [1.54, 1.807) is 0 Å². The summed E-state index contributed by atoms with van der Waals surface area (Å²) in [6, 6.07) is 7.71. The predicted molar refractivity (Wildman–Crippen MR) is 73.0 cm³/mol. The Balaban J connectivity index is 2.65. The lowest BCUT2D eigenvalue weighted by atomic mass is 10.1. The Morgan fingerprint density at radius 1 is 1.35 bits per heavy atom. The lowest BCUT2D eigenvalue weighted by molar-refractivity contribution is 0.0956. The van der Waals surface area contributed by atoms with Crippen molar-refractivity contribution >= 4 is 12.0 Å². The molecule has 0 aliphatic heterocycles. The van der Waals surface area contributed by atoms with Crippen molar-refractivity contribution in [1.82, 2.24) is 5.32 Å². The van der Waals surface area contributed by atoms with Crippen LogP contribution in [0.4, 0.5) is 0 Å². The quantitative estimate of drug-likeness (QED) is 0.744. The molecule has 0 bridgehead atoms. The second-order valence-electron chi connectivity index (χ2n) is 4.03. The molecule has 0 unspecified atom stereocenters. The van der Waals surface area contributed by atoms with Crippen LogP contribution in [0.1, 0.15) is 49.0 Å². The molecule has 2 heteroatoms. The molecule has 0 aliphatic carbocycles. The van der Waals surface area contributed by atoms with Crippen LogP contribution < -0.4 is 5.32 Å². The third-order valence-electron chi connectivity index (χ3n) is 2.52. The number of hydrogen-bond donors (Lipinski definition) is 1. The Bertz CT molecular complexity index is 382. The molecule has 0 saturated carbocycles. The molecule has 1 aromatic carbocycles. The van der Waals surface area contributed by atoms with Crippen molar-refractivity contribution in [3.8, 4) is 0 Å². The predicted octanol–water partition coefficient (Wildman–Crippen LogP) is 3.64. The molecule has 1 aromatic rings. The summed E-state index contributed by atoms with van der Waals surface area (Å²) in [5.74, 6) is -0.00342. The zero-order chi connectivity index (χ0) is 12.5. The lowest BCUT2D eigenvalue weighted by Crippen LogP contribution is -2.22. The molecule has 2 nitrogen and oxygen atoms in total. The fourth-order valence-electron chi connectivity index (χ4n) is 1.59. The summed E-state index contributed by atoms with van der Waals surface area (Å²) in [6.07, 6.45) is 7.77. The minimum atomic E-state index is -0.00342. The van der Waals surface area contributed by atoms with Crippen molar-refractivity contribution in [2.75, 3.05) is 6.54 Å². The highest BCUT2D eigenvalue weighted by Gasteiger charge is 2.02. The van der Waals surface area contributed by atoms with Crippen LogP contribution >= 0.6 is 0 Å². The van der Waals surface area contributed by atoms with Gasteiger partial charge in [0.2, 0.25) is 0 Å². The molecule has 0 atom stereocenters. The summed E-state index contributed by atoms with van der Waals surface area (Å²) in [6.45, 7) is 4.77. The molecule has 0 spiro atoms. The van der Waals surface area contributed by atoms with Gasteiger partial charge in [0.15, 0.2) is 0 Å². The highest BCUT2D eigenvalue weighted by Crippen LogP contribution is 2.08. The first kappa shape index (κ1) is 13.5. The number of nitrogens with one attached hydrogen (secondary N) is 1. The van der Waals surface area contributed by atoms with Gasteiger partial charge in [-0.05, 0) is 31.0 Å². The summed E-state index contributed by atoms with van der Waals surface area (Å²) < 4.78 is 0. The fourth-order valence-corrected chi connectivity index (χ4v) is 1.59. The third-order valence-corrected chi connectivity index (χ3v) is 2.52. The maximum Gasteiger partial charge on any atom is 0.251 e. The Hall–Kier alpha value is -1.57. The molecule has 0 heterocycles. The highest BCUT2D eigenvalue weighted by atomic mass is 16.1. The summed E-state index contributed by atoms with van der Waals surface area (Å²) in [5, 5.41) is 2.80. The van der Waals surface area contributed by atoms with Gasteiger partial charge in [-0.3, -0.25) is 4.79 Å². The molecule has 0 fully saturated rings. The summed E-state index contributed by atoms with van der Waals surface area (Å²) in [4.78, 5) is 11.6. The highest BCUT2D eigenvalue weighted by molar-refractivity contribution is 5.94. The van der Waals surface area contributed by atoms with Gasteiger partial charge < -0.3 is 5.32 Å². The topological polar surface area (TPSA) is 29.1 Å². The minimum Gasteiger partial charge on any atom is -0.352 e. The van der Waals surface area contributed by atoms with E-state index in [0.717, 1.165) is 17.5 Å². The van der Waals surface area contributed by atoms with Gasteiger partial charge in [0.25, 0.3) is 5.91 Å². The van der Waals surface area contributed by atoms with Crippen LogP contribution in [0.25, 0.3) is 6.08 Å². The lowest BCUT2D eigenvalue weighted by Gasteiger charge is -2.02. The zero-order valence-electron chi connectivity index (χ0n) is 10.7. The van der Waals surface area contributed by atoms with Gasteiger partial charge >= 0.3 is 0 Å². The van der Waals surface area contributed by atoms with E-state index in [4.69, 9.17) is 0 Å². The normalized spacial score (nSPS) is 10.7. The van der Waals surface area contributed by atoms with Gasteiger partial charge in [-0.2, -0.15) is 0 Å². The van der Waals surface area contributed by atoms with E-state index >= 15 is 0 Å². The molecule has 1 N–H and O–H groups in total. The van der Waals surface area contributed by atoms with Crippen LogP contribution in [-0.4, -0.2) is 12.5 Å². The van der Waals surface area contributed by atoms with Crippen molar-refractivity contribution in [3.05, 3.63) is 41.5 Å². The Kier molecular flexibility index (Phi) is 6.08.